The summed E-state index contributed by atoms with van der Waals surface area (Å²) in [5, 5.41) is 10.00. The molecular formula is C14H22F2O3. The molecule has 1 aliphatic rings. The first-order chi connectivity index (χ1) is 8.88. The highest BCUT2D eigenvalue weighted by Crippen LogP contribution is 2.46. The number of allylic oxidation sites excluding steroid dienone is 1. The highest BCUT2D eigenvalue weighted by atomic mass is 19.3. The van der Waals surface area contributed by atoms with Gasteiger partial charge in [-0.15, -0.1) is 6.58 Å². The molecule has 0 spiro atoms. The summed E-state index contributed by atoms with van der Waals surface area (Å²) in [4.78, 5) is 11.3. The quantitative estimate of drug-likeness (QED) is 0.547. The number of carbonyl (C=O) groups excluding carboxylic acids is 1. The highest BCUT2D eigenvalue weighted by molar-refractivity contribution is 5.69. The van der Waals surface area contributed by atoms with Crippen LogP contribution in [-0.2, 0) is 9.53 Å². The number of ether oxygens (including phenoxy) is 1. The fraction of sp³-hybridized carbons (Fsp3) is 0.786. The largest absolute Gasteiger partial charge is 0.466 e. The molecule has 1 rings (SSSR count). The summed E-state index contributed by atoms with van der Waals surface area (Å²) in [6, 6.07) is 0. The van der Waals surface area contributed by atoms with E-state index in [0.29, 0.717) is 12.8 Å². The second-order valence-corrected chi connectivity index (χ2v) is 5.23. The lowest BCUT2D eigenvalue weighted by Gasteiger charge is -2.37. The van der Waals surface area contributed by atoms with Crippen molar-refractivity contribution in [2.45, 2.75) is 51.1 Å². The molecule has 3 nitrogen and oxygen atoms in total. The van der Waals surface area contributed by atoms with Crippen LogP contribution in [-0.4, -0.2) is 29.7 Å². The lowest BCUT2D eigenvalue weighted by atomic mass is 9.74. The van der Waals surface area contributed by atoms with E-state index in [0.717, 1.165) is 0 Å². The van der Waals surface area contributed by atoms with Crippen LogP contribution >= 0.6 is 0 Å². The Morgan fingerprint density at radius 3 is 2.68 bits per heavy atom. The van der Waals surface area contributed by atoms with E-state index >= 15 is 0 Å². The Balaban J connectivity index is 2.42. The van der Waals surface area contributed by atoms with Crippen molar-refractivity contribution >= 4 is 5.97 Å². The number of alkyl halides is 2. The Hall–Kier alpha value is -0.970. The number of halogens is 2. The van der Waals surface area contributed by atoms with Crippen molar-refractivity contribution in [3.8, 4) is 0 Å². The molecule has 0 aromatic heterocycles. The van der Waals surface area contributed by atoms with Gasteiger partial charge in [-0.2, -0.15) is 0 Å². The first-order valence-electron chi connectivity index (χ1n) is 6.70. The number of aliphatic hydroxyl groups is 1. The van der Waals surface area contributed by atoms with Gasteiger partial charge >= 0.3 is 5.97 Å². The molecule has 1 saturated carbocycles. The Morgan fingerprint density at radius 2 is 2.21 bits per heavy atom. The molecule has 0 heterocycles. The first-order valence-corrected chi connectivity index (χ1v) is 6.70. The predicted molar refractivity (Wildman–Crippen MR) is 67.8 cm³/mol. The van der Waals surface area contributed by atoms with Crippen LogP contribution in [0.4, 0.5) is 8.78 Å². The second kappa shape index (κ2) is 6.98. The minimum absolute atomic E-state index is 0.0724. The van der Waals surface area contributed by atoms with E-state index in [-0.39, 0.29) is 37.7 Å². The van der Waals surface area contributed by atoms with Gasteiger partial charge in [-0.05, 0) is 31.6 Å². The molecule has 0 aromatic rings. The zero-order valence-corrected chi connectivity index (χ0v) is 11.3. The molecule has 2 unspecified atom stereocenters. The summed E-state index contributed by atoms with van der Waals surface area (Å²) in [6.45, 7) is 5.57. The van der Waals surface area contributed by atoms with Crippen LogP contribution in [0.2, 0.25) is 0 Å². The summed E-state index contributed by atoms with van der Waals surface area (Å²) >= 11 is 0. The summed E-state index contributed by atoms with van der Waals surface area (Å²) in [6.07, 6.45) is 1.49. The maximum Gasteiger partial charge on any atom is 0.308 e. The summed E-state index contributed by atoms with van der Waals surface area (Å²) < 4.78 is 30.3. The number of esters is 1. The van der Waals surface area contributed by atoms with Crippen LogP contribution in [0.3, 0.4) is 0 Å². The van der Waals surface area contributed by atoms with Gasteiger partial charge in [0.1, 0.15) is 0 Å². The number of hydrogen-bond acceptors (Lipinski definition) is 3. The standard InChI is InChI=1S/C14H22F2O3/c1-3-5-11(6-10-8-14(15,16)9-10)12(17)7-13(18)19-4-2/h3,10-12,17H,1,4-9H2,2H3. The molecule has 5 heteroatoms. The molecule has 0 saturated heterocycles. The fourth-order valence-electron chi connectivity index (χ4n) is 2.56. The van der Waals surface area contributed by atoms with Gasteiger partial charge < -0.3 is 9.84 Å². The summed E-state index contributed by atoms with van der Waals surface area (Å²) in [5.74, 6) is -3.28. The van der Waals surface area contributed by atoms with Crippen molar-refractivity contribution in [1.29, 1.82) is 0 Å². The van der Waals surface area contributed by atoms with E-state index in [1.807, 2.05) is 0 Å². The minimum atomic E-state index is -2.55. The van der Waals surface area contributed by atoms with E-state index in [4.69, 9.17) is 4.74 Å². The van der Waals surface area contributed by atoms with Crippen LogP contribution in [0.5, 0.6) is 0 Å². The molecule has 0 amide bonds. The third-order valence-electron chi connectivity index (χ3n) is 3.51. The Bertz CT molecular complexity index is 310. The Kier molecular flexibility index (Phi) is 5.91. The highest BCUT2D eigenvalue weighted by Gasteiger charge is 2.46. The molecule has 1 N–H and O–H groups in total. The van der Waals surface area contributed by atoms with Crippen molar-refractivity contribution in [2.24, 2.45) is 11.8 Å². The molecule has 0 aliphatic heterocycles. The van der Waals surface area contributed by atoms with E-state index in [1.54, 1.807) is 13.0 Å². The molecule has 19 heavy (non-hydrogen) atoms. The van der Waals surface area contributed by atoms with Crippen LogP contribution in [0.15, 0.2) is 12.7 Å². The molecule has 1 aliphatic carbocycles. The molecule has 1 fully saturated rings. The average Bonchev–Trinajstić information content (AvgIpc) is 2.26. The molecule has 110 valence electrons. The molecule has 0 bridgehead atoms. The topological polar surface area (TPSA) is 46.5 Å². The van der Waals surface area contributed by atoms with Gasteiger partial charge in [-0.1, -0.05) is 6.08 Å². The number of aliphatic hydroxyl groups excluding tert-OH is 1. The smallest absolute Gasteiger partial charge is 0.308 e. The van der Waals surface area contributed by atoms with Crippen LogP contribution in [0, 0.1) is 11.8 Å². The third-order valence-corrected chi connectivity index (χ3v) is 3.51. The number of rotatable bonds is 8. The van der Waals surface area contributed by atoms with Gasteiger partial charge in [0.2, 0.25) is 5.92 Å². The zero-order chi connectivity index (χ0) is 14.5. The van der Waals surface area contributed by atoms with Gasteiger partial charge in [0.25, 0.3) is 0 Å². The first kappa shape index (κ1) is 16.1. The van der Waals surface area contributed by atoms with Crippen molar-refractivity contribution in [3.05, 3.63) is 12.7 Å². The van der Waals surface area contributed by atoms with E-state index in [2.05, 4.69) is 6.58 Å². The van der Waals surface area contributed by atoms with Gasteiger partial charge in [0, 0.05) is 12.8 Å². The van der Waals surface area contributed by atoms with Crippen molar-refractivity contribution in [3.63, 3.8) is 0 Å². The average molecular weight is 276 g/mol. The van der Waals surface area contributed by atoms with Gasteiger partial charge in [-0.25, -0.2) is 8.78 Å². The Morgan fingerprint density at radius 1 is 1.58 bits per heavy atom. The van der Waals surface area contributed by atoms with Crippen LogP contribution < -0.4 is 0 Å². The molecule has 0 aromatic carbocycles. The van der Waals surface area contributed by atoms with E-state index in [1.165, 1.54) is 0 Å². The molecular weight excluding hydrogens is 254 g/mol. The summed E-state index contributed by atoms with van der Waals surface area (Å²) in [7, 11) is 0. The van der Waals surface area contributed by atoms with Crippen molar-refractivity contribution < 1.29 is 23.4 Å². The summed E-state index contributed by atoms with van der Waals surface area (Å²) in [5.41, 5.74) is 0. The number of hydrogen-bond donors (Lipinski definition) is 1. The molecule has 2 atom stereocenters. The minimum Gasteiger partial charge on any atom is -0.466 e. The second-order valence-electron chi connectivity index (χ2n) is 5.23. The SMILES string of the molecule is C=CCC(CC1CC(F)(F)C1)C(O)CC(=O)OCC. The lowest BCUT2D eigenvalue weighted by molar-refractivity contribution is -0.147. The van der Waals surface area contributed by atoms with Crippen LogP contribution in [0.1, 0.15) is 39.0 Å². The van der Waals surface area contributed by atoms with Gasteiger partial charge in [-0.3, -0.25) is 4.79 Å². The number of carbonyl (C=O) groups is 1. The van der Waals surface area contributed by atoms with Crippen molar-refractivity contribution in [2.75, 3.05) is 6.61 Å². The molecule has 0 radical (unpaired) electrons. The predicted octanol–water partition coefficient (Wildman–Crippen LogP) is 2.93. The lowest BCUT2D eigenvalue weighted by Crippen LogP contribution is -2.38. The fourth-order valence-corrected chi connectivity index (χ4v) is 2.56. The monoisotopic (exact) mass is 276 g/mol. The Labute approximate surface area is 112 Å². The maximum absolute atomic E-state index is 12.8. The maximum atomic E-state index is 12.8. The third kappa shape index (κ3) is 5.27. The zero-order valence-electron chi connectivity index (χ0n) is 11.3. The van der Waals surface area contributed by atoms with E-state index < -0.39 is 18.0 Å². The van der Waals surface area contributed by atoms with Crippen LogP contribution in [0.25, 0.3) is 0 Å². The van der Waals surface area contributed by atoms with Crippen molar-refractivity contribution in [1.82, 2.24) is 0 Å². The van der Waals surface area contributed by atoms with Gasteiger partial charge in [0.15, 0.2) is 0 Å². The van der Waals surface area contributed by atoms with Gasteiger partial charge in [0.05, 0.1) is 19.1 Å². The van der Waals surface area contributed by atoms with E-state index in [9.17, 15) is 18.7 Å². The normalized spacial score (nSPS) is 21.3.